The van der Waals surface area contributed by atoms with E-state index in [1.54, 1.807) is 45.4 Å². The second kappa shape index (κ2) is 11.2. The van der Waals surface area contributed by atoms with Gasteiger partial charge in [-0.25, -0.2) is 4.98 Å². The van der Waals surface area contributed by atoms with Crippen molar-refractivity contribution in [3.05, 3.63) is 77.8 Å². The van der Waals surface area contributed by atoms with Crippen molar-refractivity contribution in [1.29, 1.82) is 0 Å². The summed E-state index contributed by atoms with van der Waals surface area (Å²) < 4.78 is 10.6. The lowest BCUT2D eigenvalue weighted by molar-refractivity contribution is -0.115. The van der Waals surface area contributed by atoms with E-state index in [2.05, 4.69) is 15.5 Å². The molecular weight excluding hydrogens is 484 g/mol. The number of rotatable bonds is 8. The fraction of sp³-hybridized carbons (Fsp3) is 0.154. The maximum absolute atomic E-state index is 12.7. The van der Waals surface area contributed by atoms with Crippen molar-refractivity contribution < 1.29 is 14.3 Å². The zero-order valence-corrected chi connectivity index (χ0v) is 20.9. The van der Waals surface area contributed by atoms with Crippen LogP contribution in [0.2, 0.25) is 5.02 Å². The number of nitrogens with zero attached hydrogens (tertiary/aromatic N) is 3. The van der Waals surface area contributed by atoms with Crippen LogP contribution in [0, 0.1) is 0 Å². The Morgan fingerprint density at radius 1 is 0.886 bits per heavy atom. The predicted octanol–water partition coefficient (Wildman–Crippen LogP) is 6.00. The van der Waals surface area contributed by atoms with Gasteiger partial charge in [-0.15, -0.1) is 10.2 Å². The minimum atomic E-state index is -0.466. The highest BCUT2D eigenvalue weighted by atomic mass is 35.5. The molecule has 1 unspecified atom stereocenters. The van der Waals surface area contributed by atoms with E-state index in [0.717, 1.165) is 22.6 Å². The van der Waals surface area contributed by atoms with Crippen molar-refractivity contribution >= 4 is 35.0 Å². The molecule has 0 radical (unpaired) electrons. The van der Waals surface area contributed by atoms with E-state index >= 15 is 0 Å². The molecule has 1 N–H and O–H groups in total. The summed E-state index contributed by atoms with van der Waals surface area (Å²) in [5.74, 6) is 1.29. The lowest BCUT2D eigenvalue weighted by Gasteiger charge is -2.13. The Morgan fingerprint density at radius 3 is 2.06 bits per heavy atom. The molecule has 1 amide bonds. The number of benzene rings is 3. The van der Waals surface area contributed by atoms with Crippen LogP contribution < -0.4 is 14.8 Å². The van der Waals surface area contributed by atoms with Crippen LogP contribution >= 0.6 is 23.4 Å². The van der Waals surface area contributed by atoms with Crippen LogP contribution in [0.15, 0.2) is 78.0 Å². The van der Waals surface area contributed by atoms with Gasteiger partial charge in [-0.2, -0.15) is 0 Å². The van der Waals surface area contributed by atoms with Crippen LogP contribution in [0.1, 0.15) is 6.92 Å². The van der Waals surface area contributed by atoms with Crippen molar-refractivity contribution in [2.24, 2.45) is 0 Å². The molecule has 9 heteroatoms. The number of ether oxygens (including phenoxy) is 2. The number of carbonyl (C=O) groups is 1. The van der Waals surface area contributed by atoms with Gasteiger partial charge in [-0.05, 0) is 73.7 Å². The molecule has 0 aliphatic carbocycles. The molecule has 0 spiro atoms. The van der Waals surface area contributed by atoms with Crippen molar-refractivity contribution in [3.63, 3.8) is 0 Å². The van der Waals surface area contributed by atoms with Crippen LogP contribution in [0.25, 0.3) is 22.5 Å². The number of halogens is 1. The number of carbonyl (C=O) groups excluding carboxylic acids is 1. The van der Waals surface area contributed by atoms with Gasteiger partial charge in [0.05, 0.1) is 19.5 Å². The first-order chi connectivity index (χ1) is 17.0. The molecule has 0 fully saturated rings. The number of thioether (sulfide) groups is 1. The molecule has 1 heterocycles. The topological polar surface area (TPSA) is 86.2 Å². The highest BCUT2D eigenvalue weighted by Gasteiger charge is 2.20. The smallest absolute Gasteiger partial charge is 0.237 e. The average Bonchev–Trinajstić information content (AvgIpc) is 2.89. The molecule has 4 aromatic rings. The van der Waals surface area contributed by atoms with E-state index in [9.17, 15) is 4.79 Å². The number of methoxy groups -OCH3 is 2. The molecule has 1 atom stereocenters. The molecule has 35 heavy (non-hydrogen) atoms. The fourth-order valence-electron chi connectivity index (χ4n) is 3.28. The summed E-state index contributed by atoms with van der Waals surface area (Å²) in [6, 6.07) is 22.1. The molecule has 0 aliphatic heterocycles. The third-order valence-corrected chi connectivity index (χ3v) is 6.32. The van der Waals surface area contributed by atoms with Crippen LogP contribution in [0.3, 0.4) is 0 Å². The summed E-state index contributed by atoms with van der Waals surface area (Å²) in [6.45, 7) is 1.79. The molecule has 178 valence electrons. The van der Waals surface area contributed by atoms with Gasteiger partial charge in [0.15, 0.2) is 0 Å². The summed E-state index contributed by atoms with van der Waals surface area (Å²) >= 11 is 7.24. The number of amides is 1. The molecule has 3 aromatic carbocycles. The van der Waals surface area contributed by atoms with Gasteiger partial charge in [0.25, 0.3) is 0 Å². The second-order valence-corrected chi connectivity index (χ2v) is 9.25. The first-order valence-corrected chi connectivity index (χ1v) is 12.0. The third-order valence-electron chi connectivity index (χ3n) is 5.14. The van der Waals surface area contributed by atoms with E-state index in [0.29, 0.717) is 27.3 Å². The van der Waals surface area contributed by atoms with Gasteiger partial charge in [0.2, 0.25) is 11.1 Å². The minimum absolute atomic E-state index is 0.189. The Labute approximate surface area is 212 Å². The molecule has 0 saturated heterocycles. The van der Waals surface area contributed by atoms with E-state index < -0.39 is 5.25 Å². The number of hydrogen-bond acceptors (Lipinski definition) is 7. The Bertz CT molecular complexity index is 1320. The van der Waals surface area contributed by atoms with Crippen LogP contribution in [-0.2, 0) is 4.79 Å². The summed E-state index contributed by atoms with van der Waals surface area (Å²) in [5, 5.41) is 12.1. The number of aromatic nitrogens is 3. The zero-order chi connectivity index (χ0) is 24.8. The Hall–Kier alpha value is -3.62. The Kier molecular flexibility index (Phi) is 7.84. The summed E-state index contributed by atoms with van der Waals surface area (Å²) in [5.41, 5.74) is 3.60. The maximum Gasteiger partial charge on any atom is 0.237 e. The molecule has 1 aromatic heterocycles. The normalized spacial score (nSPS) is 11.5. The maximum atomic E-state index is 12.7. The van der Waals surface area contributed by atoms with E-state index in [-0.39, 0.29) is 5.91 Å². The zero-order valence-electron chi connectivity index (χ0n) is 19.4. The van der Waals surface area contributed by atoms with Crippen molar-refractivity contribution in [2.75, 3.05) is 19.5 Å². The number of hydrogen-bond donors (Lipinski definition) is 1. The van der Waals surface area contributed by atoms with E-state index in [1.165, 1.54) is 11.8 Å². The quantitative estimate of drug-likeness (QED) is 0.293. The van der Waals surface area contributed by atoms with Gasteiger partial charge in [-0.3, -0.25) is 4.79 Å². The summed E-state index contributed by atoms with van der Waals surface area (Å²) in [4.78, 5) is 17.5. The lowest BCUT2D eigenvalue weighted by Crippen LogP contribution is -2.22. The van der Waals surface area contributed by atoms with Gasteiger partial charge < -0.3 is 14.8 Å². The molecular formula is C26H23ClN4O3S. The SMILES string of the molecule is COc1ccc(-c2nnc(SC(C)C(=O)Nc3cccc(Cl)c3)nc2-c2ccc(OC)cc2)cc1. The van der Waals surface area contributed by atoms with Crippen molar-refractivity contribution in [3.8, 4) is 34.0 Å². The highest BCUT2D eigenvalue weighted by Crippen LogP contribution is 2.32. The fourth-order valence-corrected chi connectivity index (χ4v) is 4.18. The van der Waals surface area contributed by atoms with Crippen LogP contribution in [-0.4, -0.2) is 40.6 Å². The van der Waals surface area contributed by atoms with Crippen LogP contribution in [0.5, 0.6) is 11.5 Å². The highest BCUT2D eigenvalue weighted by molar-refractivity contribution is 8.00. The predicted molar refractivity (Wildman–Crippen MR) is 139 cm³/mol. The standard InChI is InChI=1S/C26H23ClN4O3S/c1-16(25(32)28-20-6-4-5-19(27)15-20)35-26-29-23(17-7-11-21(33-2)12-8-17)24(30-31-26)18-9-13-22(34-3)14-10-18/h4-16H,1-3H3,(H,28,32). The first kappa shape index (κ1) is 24.5. The van der Waals surface area contributed by atoms with E-state index in [1.807, 2.05) is 48.5 Å². The average molecular weight is 507 g/mol. The minimum Gasteiger partial charge on any atom is -0.497 e. The Morgan fingerprint density at radius 2 is 1.49 bits per heavy atom. The van der Waals surface area contributed by atoms with Gasteiger partial charge in [-0.1, -0.05) is 29.4 Å². The molecule has 7 nitrogen and oxygen atoms in total. The van der Waals surface area contributed by atoms with Gasteiger partial charge in [0, 0.05) is 21.8 Å². The van der Waals surface area contributed by atoms with Crippen molar-refractivity contribution in [1.82, 2.24) is 15.2 Å². The molecule has 0 aliphatic rings. The first-order valence-electron chi connectivity index (χ1n) is 10.7. The molecule has 0 bridgehead atoms. The summed E-state index contributed by atoms with van der Waals surface area (Å²) in [6.07, 6.45) is 0. The third kappa shape index (κ3) is 6.09. The van der Waals surface area contributed by atoms with Gasteiger partial charge >= 0.3 is 0 Å². The second-order valence-electron chi connectivity index (χ2n) is 7.51. The monoisotopic (exact) mass is 506 g/mol. The van der Waals surface area contributed by atoms with Crippen LogP contribution in [0.4, 0.5) is 5.69 Å². The molecule has 4 rings (SSSR count). The van der Waals surface area contributed by atoms with E-state index in [4.69, 9.17) is 26.1 Å². The number of anilines is 1. The lowest BCUT2D eigenvalue weighted by atomic mass is 10.0. The largest absolute Gasteiger partial charge is 0.497 e. The Balaban J connectivity index is 1.63. The van der Waals surface area contributed by atoms with Crippen molar-refractivity contribution in [2.45, 2.75) is 17.3 Å². The number of nitrogens with one attached hydrogen (secondary N) is 1. The molecule has 0 saturated carbocycles. The summed E-state index contributed by atoms with van der Waals surface area (Å²) in [7, 11) is 3.24. The van der Waals surface area contributed by atoms with Gasteiger partial charge in [0.1, 0.15) is 22.9 Å².